The summed E-state index contributed by atoms with van der Waals surface area (Å²) in [7, 11) is -2.24. The van der Waals surface area contributed by atoms with Crippen LogP contribution in [-0.2, 0) is 14.8 Å². The lowest BCUT2D eigenvalue weighted by atomic mass is 10.2. The average molecular weight is 406 g/mol. The van der Waals surface area contributed by atoms with Crippen LogP contribution in [0.15, 0.2) is 47.4 Å². The highest BCUT2D eigenvalue weighted by Gasteiger charge is 2.18. The van der Waals surface area contributed by atoms with E-state index < -0.39 is 10.0 Å². The third kappa shape index (κ3) is 4.20. The van der Waals surface area contributed by atoms with Crippen molar-refractivity contribution in [2.24, 2.45) is 5.92 Å². The van der Waals surface area contributed by atoms with Gasteiger partial charge in [0.25, 0.3) is 10.0 Å². The Hall–Kier alpha value is -2.65. The number of amides is 1. The molecule has 3 rings (SSSR count). The molecular formula is C18H19N3O4S2. The monoisotopic (exact) mass is 405 g/mol. The number of nitrogens with zero attached hydrogens (tertiary/aromatic N) is 1. The molecule has 2 aromatic carbocycles. The summed E-state index contributed by atoms with van der Waals surface area (Å²) in [4.78, 5) is 16.4. The molecule has 0 saturated carbocycles. The van der Waals surface area contributed by atoms with Crippen LogP contribution < -0.4 is 14.8 Å². The molecule has 0 bridgehead atoms. The van der Waals surface area contributed by atoms with E-state index in [9.17, 15) is 13.2 Å². The number of carbonyl (C=O) groups is 1. The molecule has 0 spiro atoms. The summed E-state index contributed by atoms with van der Waals surface area (Å²) in [5.74, 6) is 0.167. The third-order valence-electron chi connectivity index (χ3n) is 3.75. The van der Waals surface area contributed by atoms with E-state index >= 15 is 0 Å². The van der Waals surface area contributed by atoms with Gasteiger partial charge in [0.2, 0.25) is 5.91 Å². The van der Waals surface area contributed by atoms with Crippen molar-refractivity contribution >= 4 is 48.3 Å². The van der Waals surface area contributed by atoms with Crippen LogP contribution in [0.5, 0.6) is 5.75 Å². The number of hydrogen-bond donors (Lipinski definition) is 2. The molecular weight excluding hydrogens is 386 g/mol. The predicted octanol–water partition coefficient (Wildman–Crippen LogP) is 3.70. The summed E-state index contributed by atoms with van der Waals surface area (Å²) < 4.78 is 33.5. The molecule has 142 valence electrons. The van der Waals surface area contributed by atoms with Crippen LogP contribution in [0.25, 0.3) is 10.2 Å². The topological polar surface area (TPSA) is 97.4 Å². The van der Waals surface area contributed by atoms with E-state index in [0.29, 0.717) is 21.7 Å². The Labute approximate surface area is 161 Å². The van der Waals surface area contributed by atoms with Gasteiger partial charge >= 0.3 is 0 Å². The molecule has 2 N–H and O–H groups in total. The van der Waals surface area contributed by atoms with E-state index in [2.05, 4.69) is 15.0 Å². The lowest BCUT2D eigenvalue weighted by Crippen LogP contribution is -2.17. The molecule has 27 heavy (non-hydrogen) atoms. The number of methoxy groups -OCH3 is 1. The average Bonchev–Trinajstić information content (AvgIpc) is 3.03. The van der Waals surface area contributed by atoms with Crippen LogP contribution in [0.3, 0.4) is 0 Å². The van der Waals surface area contributed by atoms with Gasteiger partial charge in [-0.15, -0.1) is 0 Å². The van der Waals surface area contributed by atoms with Crippen LogP contribution in [0, 0.1) is 5.92 Å². The van der Waals surface area contributed by atoms with E-state index in [-0.39, 0.29) is 21.9 Å². The maximum Gasteiger partial charge on any atom is 0.263 e. The Morgan fingerprint density at radius 1 is 1.19 bits per heavy atom. The minimum atomic E-state index is -3.73. The second-order valence-corrected chi connectivity index (χ2v) is 8.82. The van der Waals surface area contributed by atoms with Gasteiger partial charge in [-0.25, -0.2) is 13.4 Å². The number of anilines is 2. The molecule has 0 fully saturated rings. The first kappa shape index (κ1) is 19.1. The van der Waals surface area contributed by atoms with Gasteiger partial charge in [-0.05, 0) is 18.2 Å². The Morgan fingerprint density at radius 2 is 1.89 bits per heavy atom. The molecule has 0 aliphatic carbocycles. The summed E-state index contributed by atoms with van der Waals surface area (Å²) in [6, 6.07) is 11.5. The third-order valence-corrected chi connectivity index (χ3v) is 6.15. The molecule has 0 saturated heterocycles. The number of aromatic nitrogens is 1. The fraction of sp³-hybridized carbons (Fsp3) is 0.222. The summed E-state index contributed by atoms with van der Waals surface area (Å²) in [6.07, 6.45) is 0. The zero-order valence-corrected chi connectivity index (χ0v) is 16.6. The van der Waals surface area contributed by atoms with Crippen LogP contribution in [0.1, 0.15) is 13.8 Å². The molecule has 9 heteroatoms. The summed E-state index contributed by atoms with van der Waals surface area (Å²) in [5, 5.41) is 3.03. The number of fused-ring (bicyclic) bond motifs is 1. The standard InChI is InChI=1S/C18H19N3O4S2/c1-11(2)17(22)19-12-9-14(25-3)16-15(10-12)26-18(20-16)21-27(23,24)13-7-5-4-6-8-13/h4-11H,1-3H3,(H,19,22)(H,20,21). The maximum absolute atomic E-state index is 12.5. The van der Waals surface area contributed by atoms with Crippen LogP contribution in [0.4, 0.5) is 10.8 Å². The number of carbonyl (C=O) groups excluding carboxylic acids is 1. The number of benzene rings is 2. The normalized spacial score (nSPS) is 11.6. The molecule has 0 unspecified atom stereocenters. The Balaban J connectivity index is 1.96. The lowest BCUT2D eigenvalue weighted by Gasteiger charge is -2.09. The van der Waals surface area contributed by atoms with Crippen LogP contribution >= 0.6 is 11.3 Å². The quantitative estimate of drug-likeness (QED) is 0.652. The Morgan fingerprint density at radius 3 is 2.52 bits per heavy atom. The fourth-order valence-corrected chi connectivity index (χ4v) is 4.51. The van der Waals surface area contributed by atoms with E-state index in [1.54, 1.807) is 44.2 Å². The summed E-state index contributed by atoms with van der Waals surface area (Å²) in [6.45, 7) is 3.60. The van der Waals surface area contributed by atoms with Gasteiger partial charge in [-0.3, -0.25) is 9.52 Å². The van der Waals surface area contributed by atoms with E-state index in [1.807, 2.05) is 0 Å². The Kier molecular flexibility index (Phi) is 5.33. The highest BCUT2D eigenvalue weighted by Crippen LogP contribution is 2.36. The zero-order chi connectivity index (χ0) is 19.6. The lowest BCUT2D eigenvalue weighted by molar-refractivity contribution is -0.118. The van der Waals surface area contributed by atoms with Crippen LogP contribution in [-0.4, -0.2) is 26.4 Å². The summed E-state index contributed by atoms with van der Waals surface area (Å²) in [5.41, 5.74) is 1.09. The van der Waals surface area contributed by atoms with Gasteiger partial charge in [0.05, 0.1) is 16.7 Å². The number of rotatable bonds is 6. The Bertz CT molecular complexity index is 1080. The molecule has 0 aliphatic heterocycles. The highest BCUT2D eigenvalue weighted by atomic mass is 32.2. The van der Waals surface area contributed by atoms with E-state index in [0.717, 1.165) is 0 Å². The minimum Gasteiger partial charge on any atom is -0.494 e. The highest BCUT2D eigenvalue weighted by molar-refractivity contribution is 7.93. The van der Waals surface area contributed by atoms with E-state index in [1.165, 1.54) is 30.6 Å². The maximum atomic E-state index is 12.5. The minimum absolute atomic E-state index is 0.120. The second kappa shape index (κ2) is 7.53. The summed E-state index contributed by atoms with van der Waals surface area (Å²) >= 11 is 1.17. The molecule has 0 atom stereocenters. The zero-order valence-electron chi connectivity index (χ0n) is 15.0. The van der Waals surface area contributed by atoms with Crippen molar-refractivity contribution in [1.29, 1.82) is 0 Å². The van der Waals surface area contributed by atoms with Gasteiger partial charge in [0, 0.05) is 17.7 Å². The van der Waals surface area contributed by atoms with Gasteiger partial charge in [0.1, 0.15) is 11.3 Å². The van der Waals surface area contributed by atoms with Crippen molar-refractivity contribution < 1.29 is 17.9 Å². The van der Waals surface area contributed by atoms with Gasteiger partial charge < -0.3 is 10.1 Å². The molecule has 1 aromatic heterocycles. The number of nitrogens with one attached hydrogen (secondary N) is 2. The SMILES string of the molecule is COc1cc(NC(=O)C(C)C)cc2sc(NS(=O)(=O)c3ccccc3)nc12. The van der Waals surface area contributed by atoms with E-state index in [4.69, 9.17) is 4.74 Å². The first-order valence-electron chi connectivity index (χ1n) is 8.17. The molecule has 0 radical (unpaired) electrons. The van der Waals surface area contributed by atoms with Crippen molar-refractivity contribution in [3.63, 3.8) is 0 Å². The van der Waals surface area contributed by atoms with Crippen molar-refractivity contribution in [3.8, 4) is 5.75 Å². The second-order valence-electron chi connectivity index (χ2n) is 6.11. The first-order valence-corrected chi connectivity index (χ1v) is 10.5. The van der Waals surface area contributed by atoms with Gasteiger partial charge in [-0.2, -0.15) is 0 Å². The van der Waals surface area contributed by atoms with Crippen molar-refractivity contribution in [2.45, 2.75) is 18.7 Å². The smallest absolute Gasteiger partial charge is 0.263 e. The largest absolute Gasteiger partial charge is 0.494 e. The first-order chi connectivity index (χ1) is 12.8. The number of sulfonamides is 1. The molecule has 1 heterocycles. The van der Waals surface area contributed by atoms with Gasteiger partial charge in [0.15, 0.2) is 5.13 Å². The number of ether oxygens (including phenoxy) is 1. The molecule has 3 aromatic rings. The predicted molar refractivity (Wildman–Crippen MR) is 107 cm³/mol. The molecule has 7 nitrogen and oxygen atoms in total. The van der Waals surface area contributed by atoms with Crippen molar-refractivity contribution in [3.05, 3.63) is 42.5 Å². The van der Waals surface area contributed by atoms with Crippen molar-refractivity contribution in [2.75, 3.05) is 17.1 Å². The molecule has 1 amide bonds. The van der Waals surface area contributed by atoms with Gasteiger partial charge in [-0.1, -0.05) is 43.4 Å². The number of hydrogen-bond acceptors (Lipinski definition) is 6. The number of thiazole rings is 1. The van der Waals surface area contributed by atoms with Crippen molar-refractivity contribution in [1.82, 2.24) is 4.98 Å². The van der Waals surface area contributed by atoms with Crippen LogP contribution in [0.2, 0.25) is 0 Å². The fourth-order valence-electron chi connectivity index (χ4n) is 2.33. The molecule has 0 aliphatic rings.